The van der Waals surface area contributed by atoms with Crippen molar-refractivity contribution in [3.63, 3.8) is 0 Å². The minimum absolute atomic E-state index is 0.165. The Kier molecular flexibility index (Phi) is 2.76. The van der Waals surface area contributed by atoms with Gasteiger partial charge in [0.25, 0.3) is 0 Å². The summed E-state index contributed by atoms with van der Waals surface area (Å²) < 4.78 is 17.8. The van der Waals surface area contributed by atoms with Crippen LogP contribution in [0.2, 0.25) is 0 Å². The molecule has 2 saturated heterocycles. The van der Waals surface area contributed by atoms with Gasteiger partial charge in [-0.2, -0.15) is 0 Å². The van der Waals surface area contributed by atoms with E-state index < -0.39 is 17.1 Å². The van der Waals surface area contributed by atoms with Crippen molar-refractivity contribution >= 4 is 5.97 Å². The van der Waals surface area contributed by atoms with Gasteiger partial charge in [-0.1, -0.05) is 25.5 Å². The lowest BCUT2D eigenvalue weighted by molar-refractivity contribution is -0.230. The minimum atomic E-state index is -0.481. The first kappa shape index (κ1) is 14.7. The molecule has 22 heavy (non-hydrogen) atoms. The first-order valence-electron chi connectivity index (χ1n) is 8.06. The first-order valence-corrected chi connectivity index (χ1v) is 8.06. The van der Waals surface area contributed by atoms with E-state index in [4.69, 9.17) is 14.2 Å². The van der Waals surface area contributed by atoms with Gasteiger partial charge < -0.3 is 19.3 Å². The molecule has 2 bridgehead atoms. The van der Waals surface area contributed by atoms with E-state index in [1.807, 2.05) is 6.92 Å². The summed E-state index contributed by atoms with van der Waals surface area (Å²) in [7, 11) is 0. The van der Waals surface area contributed by atoms with Crippen molar-refractivity contribution in [2.75, 3.05) is 6.61 Å². The Hall–Kier alpha value is -0.910. The van der Waals surface area contributed by atoms with E-state index in [1.54, 1.807) is 0 Å². The normalized spacial score (nSPS) is 55.6. The maximum absolute atomic E-state index is 11.5. The SMILES string of the molecule is CC(=O)O[C@@H]1C[C@]2(C)[C@@]3(C)[C@@H](O)CC(C)=C[C@H]3O[C@H]1[C@@]21CO1. The number of epoxide rings is 1. The summed E-state index contributed by atoms with van der Waals surface area (Å²) in [6.07, 6.45) is 2.28. The summed E-state index contributed by atoms with van der Waals surface area (Å²) in [5.74, 6) is -0.291. The molecule has 4 aliphatic rings. The first-order chi connectivity index (χ1) is 10.2. The Morgan fingerprint density at radius 2 is 2.14 bits per heavy atom. The highest BCUT2D eigenvalue weighted by molar-refractivity contribution is 5.66. The molecule has 7 atom stereocenters. The van der Waals surface area contributed by atoms with Crippen molar-refractivity contribution in [1.29, 1.82) is 0 Å². The highest BCUT2D eigenvalue weighted by Gasteiger charge is 2.81. The molecule has 122 valence electrons. The van der Waals surface area contributed by atoms with Crippen molar-refractivity contribution < 1.29 is 24.1 Å². The zero-order valence-electron chi connectivity index (χ0n) is 13.6. The topological polar surface area (TPSA) is 68.3 Å². The van der Waals surface area contributed by atoms with Crippen LogP contribution in [0.5, 0.6) is 0 Å². The molecular weight excluding hydrogens is 284 g/mol. The maximum Gasteiger partial charge on any atom is 0.302 e. The zero-order chi connectivity index (χ0) is 15.9. The van der Waals surface area contributed by atoms with Gasteiger partial charge in [0.15, 0.2) is 0 Å². The molecule has 2 aliphatic carbocycles. The van der Waals surface area contributed by atoms with Crippen molar-refractivity contribution in [2.45, 2.75) is 70.6 Å². The minimum Gasteiger partial charge on any atom is -0.460 e. The van der Waals surface area contributed by atoms with Crippen LogP contribution in [0.4, 0.5) is 0 Å². The van der Waals surface area contributed by atoms with E-state index in [-0.39, 0.29) is 29.7 Å². The van der Waals surface area contributed by atoms with Crippen molar-refractivity contribution in [2.24, 2.45) is 10.8 Å². The molecule has 0 aromatic rings. The van der Waals surface area contributed by atoms with Crippen LogP contribution in [0.25, 0.3) is 0 Å². The number of rotatable bonds is 1. The predicted octanol–water partition coefficient (Wildman–Crippen LogP) is 1.58. The third kappa shape index (κ3) is 1.47. The number of esters is 1. The zero-order valence-corrected chi connectivity index (χ0v) is 13.6. The van der Waals surface area contributed by atoms with Gasteiger partial charge in [-0.3, -0.25) is 4.79 Å². The Labute approximate surface area is 130 Å². The maximum atomic E-state index is 11.5. The average Bonchev–Trinajstić information content (AvgIpc) is 3.16. The Morgan fingerprint density at radius 1 is 1.45 bits per heavy atom. The molecule has 1 N–H and O–H groups in total. The molecular formula is C17H24O5. The van der Waals surface area contributed by atoms with Crippen LogP contribution in [-0.4, -0.2) is 47.7 Å². The number of carbonyl (C=O) groups excluding carboxylic acids is 1. The number of aliphatic hydroxyl groups is 1. The third-order valence-electron chi connectivity index (χ3n) is 6.83. The van der Waals surface area contributed by atoms with Crippen LogP contribution < -0.4 is 0 Å². The average molecular weight is 308 g/mol. The molecule has 2 heterocycles. The standard InChI is InChI=1S/C17H24O5/c1-9-5-12(19)16(4)13(6-9)22-14-11(21-10(2)18)7-15(16,3)17(14)8-20-17/h6,11-14,19H,5,7-8H2,1-4H3/t11-,12+,13-,14-,15-,16+,17+/m1/s1. The highest BCUT2D eigenvalue weighted by Crippen LogP contribution is 2.71. The van der Waals surface area contributed by atoms with Crippen molar-refractivity contribution in [1.82, 2.24) is 0 Å². The Balaban J connectivity index is 1.81. The van der Waals surface area contributed by atoms with Crippen LogP contribution in [0.15, 0.2) is 11.6 Å². The predicted molar refractivity (Wildman–Crippen MR) is 78.1 cm³/mol. The van der Waals surface area contributed by atoms with Gasteiger partial charge in [-0.05, 0) is 19.8 Å². The molecule has 0 amide bonds. The molecule has 1 spiro atoms. The van der Waals surface area contributed by atoms with Crippen molar-refractivity contribution in [3.05, 3.63) is 11.6 Å². The van der Waals surface area contributed by atoms with Crippen LogP contribution in [0, 0.1) is 10.8 Å². The molecule has 0 unspecified atom stereocenters. The second-order valence-corrected chi connectivity index (χ2v) is 7.86. The largest absolute Gasteiger partial charge is 0.460 e. The second-order valence-electron chi connectivity index (χ2n) is 7.86. The molecule has 0 aromatic heterocycles. The molecule has 2 aliphatic heterocycles. The van der Waals surface area contributed by atoms with E-state index in [1.165, 1.54) is 6.92 Å². The van der Waals surface area contributed by atoms with Gasteiger partial charge >= 0.3 is 5.97 Å². The van der Waals surface area contributed by atoms with Gasteiger partial charge in [0.2, 0.25) is 0 Å². The summed E-state index contributed by atoms with van der Waals surface area (Å²) in [6, 6.07) is 0. The fourth-order valence-corrected chi connectivity index (χ4v) is 5.27. The second kappa shape index (κ2) is 4.13. The lowest BCUT2D eigenvalue weighted by atomic mass is 9.51. The number of fused-ring (bicyclic) bond motifs is 2. The molecule has 4 rings (SSSR count). The summed E-state index contributed by atoms with van der Waals surface area (Å²) in [4.78, 5) is 11.5. The number of carbonyl (C=O) groups is 1. The summed E-state index contributed by atoms with van der Waals surface area (Å²) in [5.41, 5.74) is 0.0200. The van der Waals surface area contributed by atoms with Gasteiger partial charge in [0.05, 0.1) is 18.8 Å². The molecule has 5 nitrogen and oxygen atoms in total. The fraction of sp³-hybridized carbons (Fsp3) is 0.824. The van der Waals surface area contributed by atoms with Crippen molar-refractivity contribution in [3.8, 4) is 0 Å². The number of aliphatic hydroxyl groups excluding tert-OH is 1. The van der Waals surface area contributed by atoms with E-state index in [0.29, 0.717) is 19.4 Å². The molecule has 0 radical (unpaired) electrons. The van der Waals surface area contributed by atoms with E-state index >= 15 is 0 Å². The van der Waals surface area contributed by atoms with Crippen LogP contribution >= 0.6 is 0 Å². The van der Waals surface area contributed by atoms with Gasteiger partial charge in [-0.15, -0.1) is 0 Å². The Bertz CT molecular complexity index is 565. The van der Waals surface area contributed by atoms with Crippen LogP contribution in [0.1, 0.15) is 40.5 Å². The van der Waals surface area contributed by atoms with Gasteiger partial charge in [0.1, 0.15) is 17.8 Å². The lowest BCUT2D eigenvalue weighted by Crippen LogP contribution is -2.65. The lowest BCUT2D eigenvalue weighted by Gasteiger charge is -2.58. The molecule has 5 heteroatoms. The number of hydrogen-bond donors (Lipinski definition) is 1. The molecule has 0 aromatic carbocycles. The van der Waals surface area contributed by atoms with Gasteiger partial charge in [0, 0.05) is 17.8 Å². The summed E-state index contributed by atoms with van der Waals surface area (Å²) in [6.45, 7) is 8.34. The monoisotopic (exact) mass is 308 g/mol. The fourth-order valence-electron chi connectivity index (χ4n) is 5.27. The van der Waals surface area contributed by atoms with E-state index in [2.05, 4.69) is 19.9 Å². The molecule has 3 fully saturated rings. The van der Waals surface area contributed by atoms with E-state index in [9.17, 15) is 9.90 Å². The third-order valence-corrected chi connectivity index (χ3v) is 6.83. The van der Waals surface area contributed by atoms with Crippen LogP contribution in [0.3, 0.4) is 0 Å². The number of hydrogen-bond acceptors (Lipinski definition) is 5. The molecule has 1 saturated carbocycles. The smallest absolute Gasteiger partial charge is 0.302 e. The van der Waals surface area contributed by atoms with Crippen LogP contribution in [-0.2, 0) is 19.0 Å². The highest BCUT2D eigenvalue weighted by atomic mass is 16.7. The number of ether oxygens (including phenoxy) is 3. The van der Waals surface area contributed by atoms with E-state index in [0.717, 1.165) is 5.57 Å². The quantitative estimate of drug-likeness (QED) is 0.452. The Morgan fingerprint density at radius 3 is 2.73 bits per heavy atom. The summed E-state index contributed by atoms with van der Waals surface area (Å²) >= 11 is 0. The summed E-state index contributed by atoms with van der Waals surface area (Å²) in [5, 5.41) is 10.9. The van der Waals surface area contributed by atoms with Gasteiger partial charge in [-0.25, -0.2) is 0 Å².